The third kappa shape index (κ3) is 5.21. The van der Waals surface area contributed by atoms with Crippen LogP contribution in [0.1, 0.15) is 42.3 Å². The number of carbonyl (C=O) groups is 2. The van der Waals surface area contributed by atoms with Gasteiger partial charge in [0.2, 0.25) is 0 Å². The summed E-state index contributed by atoms with van der Waals surface area (Å²) in [6.07, 6.45) is 0. The number of rotatable bonds is 3. The highest BCUT2D eigenvalue weighted by molar-refractivity contribution is 6.33. The molecular weight excluding hydrogens is 383 g/mol. The SMILES string of the molecule is Cc1cc(C#N)cc(C(=O)NC(C)(C)C)c1NC(=O)Nc1c(F)cccc1Cl. The number of nitrogens with one attached hydrogen (secondary N) is 3. The number of halogens is 2. The second-order valence-corrected chi connectivity index (χ2v) is 7.61. The average molecular weight is 403 g/mol. The Balaban J connectivity index is 2.37. The molecule has 28 heavy (non-hydrogen) atoms. The van der Waals surface area contributed by atoms with E-state index in [0.717, 1.165) is 6.07 Å². The highest BCUT2D eigenvalue weighted by Crippen LogP contribution is 2.27. The molecule has 8 heteroatoms. The van der Waals surface area contributed by atoms with E-state index in [1.54, 1.807) is 13.0 Å². The molecule has 0 aliphatic heterocycles. The predicted molar refractivity (Wildman–Crippen MR) is 107 cm³/mol. The van der Waals surface area contributed by atoms with E-state index >= 15 is 0 Å². The Morgan fingerprint density at radius 1 is 1.14 bits per heavy atom. The molecule has 6 nitrogen and oxygen atoms in total. The summed E-state index contributed by atoms with van der Waals surface area (Å²) < 4.78 is 13.9. The van der Waals surface area contributed by atoms with E-state index in [-0.39, 0.29) is 27.5 Å². The van der Waals surface area contributed by atoms with E-state index in [9.17, 15) is 19.2 Å². The van der Waals surface area contributed by atoms with Gasteiger partial charge in [-0.15, -0.1) is 0 Å². The van der Waals surface area contributed by atoms with E-state index in [1.807, 2.05) is 26.8 Å². The van der Waals surface area contributed by atoms with E-state index in [0.29, 0.717) is 5.56 Å². The lowest BCUT2D eigenvalue weighted by atomic mass is 10.0. The maximum Gasteiger partial charge on any atom is 0.323 e. The molecule has 2 aromatic carbocycles. The largest absolute Gasteiger partial charge is 0.347 e. The highest BCUT2D eigenvalue weighted by Gasteiger charge is 2.22. The van der Waals surface area contributed by atoms with Gasteiger partial charge in [0.25, 0.3) is 5.91 Å². The summed E-state index contributed by atoms with van der Waals surface area (Å²) in [6.45, 7) is 7.09. The van der Waals surface area contributed by atoms with Gasteiger partial charge >= 0.3 is 6.03 Å². The predicted octanol–water partition coefficient (Wildman–Crippen LogP) is 4.83. The third-order valence-electron chi connectivity index (χ3n) is 3.64. The Bertz CT molecular complexity index is 957. The fourth-order valence-electron chi connectivity index (χ4n) is 2.48. The summed E-state index contributed by atoms with van der Waals surface area (Å²) in [6, 6.07) is 8.16. The van der Waals surface area contributed by atoms with Gasteiger partial charge in [-0.05, 0) is 57.5 Å². The summed E-state index contributed by atoms with van der Waals surface area (Å²) >= 11 is 5.92. The number of para-hydroxylation sites is 1. The van der Waals surface area contributed by atoms with Crippen molar-refractivity contribution in [1.29, 1.82) is 5.26 Å². The van der Waals surface area contributed by atoms with Crippen molar-refractivity contribution < 1.29 is 14.0 Å². The molecule has 0 bridgehead atoms. The molecular formula is C20H20ClFN4O2. The number of carbonyl (C=O) groups excluding carboxylic acids is 2. The van der Waals surface area contributed by atoms with Gasteiger partial charge in [-0.1, -0.05) is 17.7 Å². The number of urea groups is 1. The summed E-state index contributed by atoms with van der Waals surface area (Å²) in [5.41, 5.74) is 0.432. The molecule has 2 rings (SSSR count). The van der Waals surface area contributed by atoms with E-state index in [2.05, 4.69) is 16.0 Å². The average Bonchev–Trinajstić information content (AvgIpc) is 2.58. The number of hydrogen-bond donors (Lipinski definition) is 3. The Morgan fingerprint density at radius 2 is 1.79 bits per heavy atom. The zero-order chi connectivity index (χ0) is 21.1. The topological polar surface area (TPSA) is 94.0 Å². The monoisotopic (exact) mass is 402 g/mol. The molecule has 0 fully saturated rings. The van der Waals surface area contributed by atoms with Gasteiger partial charge < -0.3 is 16.0 Å². The van der Waals surface area contributed by atoms with Crippen LogP contribution in [0.25, 0.3) is 0 Å². The molecule has 0 aliphatic carbocycles. The van der Waals surface area contributed by atoms with Crippen molar-refractivity contribution in [3.05, 3.63) is 57.9 Å². The van der Waals surface area contributed by atoms with Crippen LogP contribution in [0, 0.1) is 24.1 Å². The molecule has 0 aromatic heterocycles. The Hall–Kier alpha value is -3.11. The van der Waals surface area contributed by atoms with Gasteiger partial charge in [-0.2, -0.15) is 5.26 Å². The zero-order valence-electron chi connectivity index (χ0n) is 15.9. The Kier molecular flexibility index (Phi) is 6.26. The first-order valence-electron chi connectivity index (χ1n) is 8.41. The van der Waals surface area contributed by atoms with Crippen molar-refractivity contribution in [2.24, 2.45) is 0 Å². The van der Waals surface area contributed by atoms with Crippen LogP contribution in [0.15, 0.2) is 30.3 Å². The van der Waals surface area contributed by atoms with Gasteiger partial charge in [0.15, 0.2) is 0 Å². The van der Waals surface area contributed by atoms with E-state index in [4.69, 9.17) is 11.6 Å². The van der Waals surface area contributed by atoms with Gasteiger partial charge in [-0.3, -0.25) is 4.79 Å². The molecule has 0 saturated heterocycles. The molecule has 0 unspecified atom stereocenters. The zero-order valence-corrected chi connectivity index (χ0v) is 16.7. The quantitative estimate of drug-likeness (QED) is 0.686. The molecule has 3 N–H and O–H groups in total. The number of hydrogen-bond acceptors (Lipinski definition) is 3. The maximum absolute atomic E-state index is 13.9. The van der Waals surface area contributed by atoms with Crippen LogP contribution in [0.5, 0.6) is 0 Å². The third-order valence-corrected chi connectivity index (χ3v) is 3.95. The molecule has 0 aliphatic rings. The van der Waals surface area contributed by atoms with Crippen LogP contribution in [-0.4, -0.2) is 17.5 Å². The van der Waals surface area contributed by atoms with Crippen LogP contribution in [0.2, 0.25) is 5.02 Å². The minimum atomic E-state index is -0.774. The first-order valence-corrected chi connectivity index (χ1v) is 8.79. The Labute approximate surface area is 167 Å². The summed E-state index contributed by atoms with van der Waals surface area (Å²) in [5, 5.41) is 16.9. The summed E-state index contributed by atoms with van der Waals surface area (Å²) in [4.78, 5) is 25.1. The smallest absolute Gasteiger partial charge is 0.323 e. The fourth-order valence-corrected chi connectivity index (χ4v) is 2.69. The lowest BCUT2D eigenvalue weighted by Gasteiger charge is -2.22. The van der Waals surface area contributed by atoms with Crippen molar-refractivity contribution in [3.63, 3.8) is 0 Å². The number of anilines is 2. The lowest BCUT2D eigenvalue weighted by molar-refractivity contribution is 0.0920. The van der Waals surface area contributed by atoms with Gasteiger partial charge in [0, 0.05) is 5.54 Å². The van der Waals surface area contributed by atoms with Crippen LogP contribution in [0.4, 0.5) is 20.6 Å². The first kappa shape index (κ1) is 21.2. The minimum Gasteiger partial charge on any atom is -0.347 e. The Morgan fingerprint density at radius 3 is 2.36 bits per heavy atom. The molecule has 0 spiro atoms. The molecule has 3 amide bonds. The van der Waals surface area contributed by atoms with E-state index < -0.39 is 23.3 Å². The second-order valence-electron chi connectivity index (χ2n) is 7.21. The highest BCUT2D eigenvalue weighted by atomic mass is 35.5. The normalized spacial score (nSPS) is 10.8. The van der Waals surface area contributed by atoms with E-state index in [1.165, 1.54) is 18.2 Å². The summed E-state index contributed by atoms with van der Waals surface area (Å²) in [7, 11) is 0. The standard InChI is InChI=1S/C20H20ClFN4O2/c1-11-8-12(10-23)9-13(18(27)26-20(2,3)4)16(11)24-19(28)25-17-14(21)6-5-7-15(17)22/h5-9H,1-4H3,(H,26,27)(H2,24,25,28). The number of nitriles is 1. The minimum absolute atomic E-state index is 0.0393. The van der Waals surface area contributed by atoms with Crippen LogP contribution >= 0.6 is 11.6 Å². The lowest BCUT2D eigenvalue weighted by Crippen LogP contribution is -2.41. The number of nitrogens with zero attached hydrogens (tertiary/aromatic N) is 1. The molecule has 0 radical (unpaired) electrons. The van der Waals surface area contributed by atoms with Crippen molar-refractivity contribution in [3.8, 4) is 6.07 Å². The van der Waals surface area contributed by atoms with Crippen molar-refractivity contribution in [1.82, 2.24) is 5.32 Å². The first-order chi connectivity index (χ1) is 13.0. The van der Waals surface area contributed by atoms with Gasteiger partial charge in [0.1, 0.15) is 5.82 Å². The molecule has 0 saturated carbocycles. The number of benzene rings is 2. The molecule has 146 valence electrons. The number of aryl methyl sites for hydroxylation is 1. The summed E-state index contributed by atoms with van der Waals surface area (Å²) in [5.74, 6) is -1.14. The molecule has 2 aromatic rings. The maximum atomic E-state index is 13.9. The van der Waals surface area contributed by atoms with Crippen molar-refractivity contribution in [2.75, 3.05) is 10.6 Å². The van der Waals surface area contributed by atoms with Crippen LogP contribution in [-0.2, 0) is 0 Å². The number of amides is 3. The van der Waals surface area contributed by atoms with Crippen molar-refractivity contribution in [2.45, 2.75) is 33.2 Å². The van der Waals surface area contributed by atoms with Crippen LogP contribution in [0.3, 0.4) is 0 Å². The fraction of sp³-hybridized carbons (Fsp3) is 0.250. The van der Waals surface area contributed by atoms with Crippen molar-refractivity contribution >= 4 is 34.9 Å². The second kappa shape index (κ2) is 8.28. The van der Waals surface area contributed by atoms with Gasteiger partial charge in [0.05, 0.1) is 33.6 Å². The van der Waals surface area contributed by atoms with Crippen LogP contribution < -0.4 is 16.0 Å². The molecule has 0 atom stereocenters. The molecule has 0 heterocycles. The van der Waals surface area contributed by atoms with Gasteiger partial charge in [-0.25, -0.2) is 9.18 Å².